The number of rotatable bonds is 7. The number of ether oxygens (including phenoxy) is 2. The van der Waals surface area contributed by atoms with Crippen LogP contribution in [0, 0.1) is 0 Å². The topological polar surface area (TPSA) is 35.5 Å². The molecule has 132 valence electrons. The molecule has 0 saturated carbocycles. The first-order valence-corrected chi connectivity index (χ1v) is 8.79. The molecule has 0 bridgehead atoms. The third-order valence-electron chi connectivity index (χ3n) is 4.15. The molecular weight excluding hydrogens is 324 g/mol. The number of carbonyl (C=O) groups is 1. The molecule has 3 rings (SSSR count). The second-order valence-corrected chi connectivity index (χ2v) is 6.04. The molecular formula is C23H22O3. The van der Waals surface area contributed by atoms with Gasteiger partial charge >= 0.3 is 5.97 Å². The minimum atomic E-state index is -0.236. The Labute approximate surface area is 154 Å². The van der Waals surface area contributed by atoms with Crippen LogP contribution in [0.4, 0.5) is 0 Å². The van der Waals surface area contributed by atoms with Crippen LogP contribution in [0.3, 0.4) is 0 Å². The number of carbonyl (C=O) groups excluding carboxylic acids is 1. The van der Waals surface area contributed by atoms with Crippen LogP contribution in [0.25, 0.3) is 0 Å². The predicted octanol–water partition coefficient (Wildman–Crippen LogP) is 5.72. The highest BCUT2D eigenvalue weighted by atomic mass is 16.5. The smallest absolute Gasteiger partial charge is 0.313 e. The van der Waals surface area contributed by atoms with Crippen LogP contribution in [0.1, 0.15) is 30.4 Å². The zero-order valence-electron chi connectivity index (χ0n) is 14.8. The van der Waals surface area contributed by atoms with E-state index in [1.54, 1.807) is 0 Å². The van der Waals surface area contributed by atoms with E-state index in [0.717, 1.165) is 22.6 Å². The van der Waals surface area contributed by atoms with Crippen LogP contribution in [0.5, 0.6) is 11.5 Å². The van der Waals surface area contributed by atoms with Gasteiger partial charge in [0.2, 0.25) is 0 Å². The molecule has 0 fully saturated rings. The highest BCUT2D eigenvalue weighted by molar-refractivity contribution is 5.78. The van der Waals surface area contributed by atoms with E-state index in [1.165, 1.54) is 0 Å². The van der Waals surface area contributed by atoms with E-state index in [-0.39, 0.29) is 18.5 Å². The molecule has 0 amide bonds. The molecule has 0 aromatic heterocycles. The van der Waals surface area contributed by atoms with Crippen LogP contribution in [0.15, 0.2) is 84.9 Å². The molecule has 0 aliphatic heterocycles. The molecule has 3 heteroatoms. The number of para-hydroxylation sites is 1. The summed E-state index contributed by atoms with van der Waals surface area (Å²) in [5, 5.41) is 0. The van der Waals surface area contributed by atoms with Crippen molar-refractivity contribution in [3.63, 3.8) is 0 Å². The Morgan fingerprint density at radius 2 is 1.50 bits per heavy atom. The highest BCUT2D eigenvalue weighted by Gasteiger charge is 2.20. The monoisotopic (exact) mass is 346 g/mol. The first kappa shape index (κ1) is 17.7. The maximum atomic E-state index is 12.5. The predicted molar refractivity (Wildman–Crippen MR) is 102 cm³/mol. The summed E-state index contributed by atoms with van der Waals surface area (Å²) in [6.07, 6.45) is 0.708. The third-order valence-corrected chi connectivity index (χ3v) is 4.15. The molecule has 0 aliphatic carbocycles. The fourth-order valence-corrected chi connectivity index (χ4v) is 2.80. The minimum Gasteiger partial charge on any atom is -0.460 e. The zero-order chi connectivity index (χ0) is 18.2. The lowest BCUT2D eigenvalue weighted by Gasteiger charge is -2.15. The standard InChI is InChI=1S/C23H22O3/c1-2-22(19-11-5-3-6-12-19)23(24)25-17-18-10-9-15-21(16-18)26-20-13-7-4-8-14-20/h3-16,22H,2,17H2,1H3. The molecule has 0 N–H and O–H groups in total. The fraction of sp³-hybridized carbons (Fsp3) is 0.174. The van der Waals surface area contributed by atoms with Crippen LogP contribution in [0.2, 0.25) is 0 Å². The molecule has 0 radical (unpaired) electrons. The molecule has 0 saturated heterocycles. The van der Waals surface area contributed by atoms with Crippen molar-refractivity contribution in [1.82, 2.24) is 0 Å². The fourth-order valence-electron chi connectivity index (χ4n) is 2.80. The Bertz CT molecular complexity index is 828. The van der Waals surface area contributed by atoms with Crippen molar-refractivity contribution < 1.29 is 14.3 Å². The maximum absolute atomic E-state index is 12.5. The number of benzene rings is 3. The first-order valence-electron chi connectivity index (χ1n) is 8.79. The Kier molecular flexibility index (Phi) is 6.05. The average molecular weight is 346 g/mol. The molecule has 0 aliphatic rings. The van der Waals surface area contributed by atoms with E-state index in [4.69, 9.17) is 9.47 Å². The van der Waals surface area contributed by atoms with E-state index in [0.29, 0.717) is 6.42 Å². The second-order valence-electron chi connectivity index (χ2n) is 6.04. The van der Waals surface area contributed by atoms with Gasteiger partial charge in [0.25, 0.3) is 0 Å². The Hall–Kier alpha value is -3.07. The maximum Gasteiger partial charge on any atom is 0.313 e. The summed E-state index contributed by atoms with van der Waals surface area (Å²) in [6, 6.07) is 26.9. The number of hydrogen-bond acceptors (Lipinski definition) is 3. The minimum absolute atomic E-state index is 0.201. The van der Waals surface area contributed by atoms with Crippen molar-refractivity contribution >= 4 is 5.97 Å². The van der Waals surface area contributed by atoms with Gasteiger partial charge in [0, 0.05) is 0 Å². The average Bonchev–Trinajstić information content (AvgIpc) is 2.69. The van der Waals surface area contributed by atoms with Crippen molar-refractivity contribution in [3.8, 4) is 11.5 Å². The van der Waals surface area contributed by atoms with Crippen LogP contribution in [-0.2, 0) is 16.1 Å². The summed E-state index contributed by atoms with van der Waals surface area (Å²) in [5.41, 5.74) is 1.89. The first-order chi connectivity index (χ1) is 12.8. The Balaban J connectivity index is 1.62. The van der Waals surface area contributed by atoms with Gasteiger partial charge in [-0.3, -0.25) is 4.79 Å². The molecule has 0 spiro atoms. The van der Waals surface area contributed by atoms with Gasteiger partial charge in [0.05, 0.1) is 5.92 Å². The van der Waals surface area contributed by atoms with Gasteiger partial charge in [0.15, 0.2) is 0 Å². The Morgan fingerprint density at radius 1 is 0.846 bits per heavy atom. The van der Waals surface area contributed by atoms with Crippen molar-refractivity contribution in [1.29, 1.82) is 0 Å². The quantitative estimate of drug-likeness (QED) is 0.514. The number of esters is 1. The van der Waals surface area contributed by atoms with Crippen LogP contribution < -0.4 is 4.74 Å². The highest BCUT2D eigenvalue weighted by Crippen LogP contribution is 2.24. The van der Waals surface area contributed by atoms with Gasteiger partial charge in [-0.1, -0.05) is 67.6 Å². The van der Waals surface area contributed by atoms with Gasteiger partial charge in [0.1, 0.15) is 18.1 Å². The lowest BCUT2D eigenvalue weighted by Crippen LogP contribution is -2.15. The van der Waals surface area contributed by atoms with E-state index in [9.17, 15) is 4.79 Å². The molecule has 3 nitrogen and oxygen atoms in total. The molecule has 3 aromatic carbocycles. The van der Waals surface area contributed by atoms with E-state index < -0.39 is 0 Å². The van der Waals surface area contributed by atoms with Crippen LogP contribution in [-0.4, -0.2) is 5.97 Å². The number of hydrogen-bond donors (Lipinski definition) is 0. The lowest BCUT2D eigenvalue weighted by atomic mass is 9.97. The zero-order valence-corrected chi connectivity index (χ0v) is 14.8. The summed E-state index contributed by atoms with van der Waals surface area (Å²) in [4.78, 5) is 12.5. The molecule has 26 heavy (non-hydrogen) atoms. The summed E-state index contributed by atoms with van der Waals surface area (Å²) in [6.45, 7) is 2.22. The van der Waals surface area contributed by atoms with E-state index in [1.807, 2.05) is 91.9 Å². The molecule has 0 heterocycles. The third kappa shape index (κ3) is 4.73. The van der Waals surface area contributed by atoms with Crippen LogP contribution >= 0.6 is 0 Å². The van der Waals surface area contributed by atoms with Crippen molar-refractivity contribution in [2.75, 3.05) is 0 Å². The van der Waals surface area contributed by atoms with Gasteiger partial charge in [-0.05, 0) is 41.8 Å². The summed E-state index contributed by atoms with van der Waals surface area (Å²) in [5.74, 6) is 1.06. The van der Waals surface area contributed by atoms with Gasteiger partial charge < -0.3 is 9.47 Å². The van der Waals surface area contributed by atoms with E-state index >= 15 is 0 Å². The second kappa shape index (κ2) is 8.86. The summed E-state index contributed by atoms with van der Waals surface area (Å²) in [7, 11) is 0. The lowest BCUT2D eigenvalue weighted by molar-refractivity contribution is -0.146. The van der Waals surface area contributed by atoms with Gasteiger partial charge in [-0.15, -0.1) is 0 Å². The SMILES string of the molecule is CCC(C(=O)OCc1cccc(Oc2ccccc2)c1)c1ccccc1. The molecule has 1 unspecified atom stereocenters. The van der Waals surface area contributed by atoms with Crippen molar-refractivity contribution in [2.45, 2.75) is 25.9 Å². The largest absolute Gasteiger partial charge is 0.460 e. The molecule has 3 aromatic rings. The summed E-state index contributed by atoms with van der Waals surface area (Å²) < 4.78 is 11.4. The Morgan fingerprint density at radius 3 is 2.19 bits per heavy atom. The summed E-state index contributed by atoms with van der Waals surface area (Å²) >= 11 is 0. The van der Waals surface area contributed by atoms with E-state index in [2.05, 4.69) is 0 Å². The van der Waals surface area contributed by atoms with Crippen molar-refractivity contribution in [2.24, 2.45) is 0 Å². The molecule has 1 atom stereocenters. The van der Waals surface area contributed by atoms with Crippen molar-refractivity contribution in [3.05, 3.63) is 96.1 Å². The van der Waals surface area contributed by atoms with Gasteiger partial charge in [-0.2, -0.15) is 0 Å². The van der Waals surface area contributed by atoms with Gasteiger partial charge in [-0.25, -0.2) is 0 Å². The normalized spacial score (nSPS) is 11.6.